The lowest BCUT2D eigenvalue weighted by atomic mass is 10.1. The highest BCUT2D eigenvalue weighted by molar-refractivity contribution is 6.18. The molecule has 1 aromatic rings. The van der Waals surface area contributed by atoms with Crippen molar-refractivity contribution in [2.24, 2.45) is 0 Å². The highest BCUT2D eigenvalue weighted by Gasteiger charge is 2.18. The van der Waals surface area contributed by atoms with Gasteiger partial charge in [-0.3, -0.25) is 4.79 Å². The Morgan fingerprint density at radius 3 is 2.18 bits per heavy atom. The van der Waals surface area contributed by atoms with E-state index in [1.54, 1.807) is 4.90 Å². The molecule has 3 heteroatoms. The van der Waals surface area contributed by atoms with Crippen LogP contribution in [0.25, 0.3) is 0 Å². The predicted octanol–water partition coefficient (Wildman–Crippen LogP) is 3.39. The number of alkyl halides is 1. The molecule has 0 N–H and O–H groups in total. The van der Waals surface area contributed by atoms with Crippen LogP contribution in [0.15, 0.2) is 18.2 Å². The summed E-state index contributed by atoms with van der Waals surface area (Å²) in [6.07, 6.45) is 0. The molecule has 0 bridgehead atoms. The van der Waals surface area contributed by atoms with Crippen molar-refractivity contribution >= 4 is 17.5 Å². The largest absolute Gasteiger partial charge is 0.335 e. The maximum atomic E-state index is 12.3. The lowest BCUT2D eigenvalue weighted by molar-refractivity contribution is 0.0718. The average Bonchev–Trinajstić information content (AvgIpc) is 2.23. The molecule has 0 atom stereocenters. The highest BCUT2D eigenvalue weighted by Crippen LogP contribution is 2.13. The van der Waals surface area contributed by atoms with Gasteiger partial charge < -0.3 is 4.90 Å². The number of benzene rings is 1. The molecule has 0 aliphatic heterocycles. The minimum absolute atomic E-state index is 0.0625. The third-order valence-corrected chi connectivity index (χ3v) is 2.85. The maximum Gasteiger partial charge on any atom is 0.254 e. The van der Waals surface area contributed by atoms with E-state index in [0.717, 1.165) is 16.7 Å². The maximum absolute atomic E-state index is 12.3. The Morgan fingerprint density at radius 1 is 1.24 bits per heavy atom. The quantitative estimate of drug-likeness (QED) is 0.754. The topological polar surface area (TPSA) is 20.3 Å². The molecule has 0 heterocycles. The van der Waals surface area contributed by atoms with Crippen molar-refractivity contribution in [3.63, 3.8) is 0 Å². The molecule has 0 radical (unpaired) electrons. The lowest BCUT2D eigenvalue weighted by Crippen LogP contribution is -2.38. The summed E-state index contributed by atoms with van der Waals surface area (Å²) >= 11 is 5.74. The first kappa shape index (κ1) is 14.0. The molecule has 0 saturated carbocycles. The van der Waals surface area contributed by atoms with Crippen molar-refractivity contribution in [2.75, 3.05) is 12.4 Å². The van der Waals surface area contributed by atoms with E-state index < -0.39 is 0 Å². The Labute approximate surface area is 109 Å². The molecule has 17 heavy (non-hydrogen) atoms. The monoisotopic (exact) mass is 253 g/mol. The lowest BCUT2D eigenvalue weighted by Gasteiger charge is -2.26. The smallest absolute Gasteiger partial charge is 0.254 e. The van der Waals surface area contributed by atoms with Crippen molar-refractivity contribution in [3.8, 4) is 0 Å². The summed E-state index contributed by atoms with van der Waals surface area (Å²) in [6, 6.07) is 6.10. The fraction of sp³-hybridized carbons (Fsp3) is 0.500. The molecular weight excluding hydrogens is 234 g/mol. The molecule has 0 aromatic heterocycles. The second kappa shape index (κ2) is 6.06. The van der Waals surface area contributed by atoms with Crippen LogP contribution in [0.1, 0.15) is 35.3 Å². The van der Waals surface area contributed by atoms with Gasteiger partial charge in [0.2, 0.25) is 0 Å². The Kier molecular flexibility index (Phi) is 5.01. The van der Waals surface area contributed by atoms with E-state index in [1.807, 2.05) is 39.8 Å². The van der Waals surface area contributed by atoms with Gasteiger partial charge in [-0.05, 0) is 39.8 Å². The van der Waals surface area contributed by atoms with Crippen LogP contribution >= 0.6 is 11.6 Å². The molecule has 0 aliphatic rings. The van der Waals surface area contributed by atoms with Crippen LogP contribution in [-0.2, 0) is 0 Å². The SMILES string of the molecule is Cc1cc(C)cc(C(=O)N(CCCl)C(C)C)c1. The molecule has 0 spiro atoms. The highest BCUT2D eigenvalue weighted by atomic mass is 35.5. The van der Waals surface area contributed by atoms with Gasteiger partial charge in [-0.2, -0.15) is 0 Å². The zero-order valence-electron chi connectivity index (χ0n) is 11.0. The number of carbonyl (C=O) groups excluding carboxylic acids is 1. The van der Waals surface area contributed by atoms with Crippen LogP contribution in [0.2, 0.25) is 0 Å². The molecule has 1 aromatic carbocycles. The number of amides is 1. The van der Waals surface area contributed by atoms with Gasteiger partial charge in [0.15, 0.2) is 0 Å². The normalized spacial score (nSPS) is 10.7. The Morgan fingerprint density at radius 2 is 1.76 bits per heavy atom. The number of aryl methyl sites for hydroxylation is 2. The fourth-order valence-corrected chi connectivity index (χ4v) is 2.13. The molecule has 94 valence electrons. The van der Waals surface area contributed by atoms with Crippen LogP contribution in [0.5, 0.6) is 0 Å². The van der Waals surface area contributed by atoms with Crippen LogP contribution in [0, 0.1) is 13.8 Å². The predicted molar refractivity (Wildman–Crippen MR) is 72.8 cm³/mol. The summed E-state index contributed by atoms with van der Waals surface area (Å²) in [5.74, 6) is 0.529. The van der Waals surface area contributed by atoms with Crippen LogP contribution < -0.4 is 0 Å². The molecule has 0 fully saturated rings. The molecule has 0 aliphatic carbocycles. The Bertz CT molecular complexity index is 381. The Balaban J connectivity index is 3.00. The van der Waals surface area contributed by atoms with E-state index in [1.165, 1.54) is 0 Å². The first-order valence-electron chi connectivity index (χ1n) is 5.91. The summed E-state index contributed by atoms with van der Waals surface area (Å²) in [5, 5.41) is 0. The molecule has 0 saturated heterocycles. The van der Waals surface area contributed by atoms with E-state index >= 15 is 0 Å². The molecule has 2 nitrogen and oxygen atoms in total. The Hall–Kier alpha value is -1.02. The zero-order valence-corrected chi connectivity index (χ0v) is 11.7. The number of rotatable bonds is 4. The number of halogens is 1. The number of hydrogen-bond donors (Lipinski definition) is 0. The van der Waals surface area contributed by atoms with Gasteiger partial charge in [0.25, 0.3) is 5.91 Å². The first-order valence-corrected chi connectivity index (χ1v) is 6.44. The van der Waals surface area contributed by atoms with Crippen LogP contribution in [0.4, 0.5) is 0 Å². The van der Waals surface area contributed by atoms with Gasteiger partial charge in [0.05, 0.1) is 0 Å². The van der Waals surface area contributed by atoms with Gasteiger partial charge in [0.1, 0.15) is 0 Å². The summed E-state index contributed by atoms with van der Waals surface area (Å²) in [7, 11) is 0. The first-order chi connectivity index (χ1) is 7.95. The second-order valence-corrected chi connectivity index (χ2v) is 5.04. The van der Waals surface area contributed by atoms with Crippen LogP contribution in [0.3, 0.4) is 0 Å². The molecule has 0 unspecified atom stereocenters. The number of hydrogen-bond acceptors (Lipinski definition) is 1. The van der Waals surface area contributed by atoms with Gasteiger partial charge in [-0.25, -0.2) is 0 Å². The van der Waals surface area contributed by atoms with E-state index in [9.17, 15) is 4.79 Å². The average molecular weight is 254 g/mol. The minimum atomic E-state index is 0.0625. The fourth-order valence-electron chi connectivity index (χ4n) is 1.95. The van der Waals surface area contributed by atoms with Gasteiger partial charge >= 0.3 is 0 Å². The zero-order chi connectivity index (χ0) is 13.0. The van der Waals surface area contributed by atoms with Gasteiger partial charge in [-0.1, -0.05) is 17.2 Å². The summed E-state index contributed by atoms with van der Waals surface area (Å²) in [5.41, 5.74) is 2.98. The molecule has 1 amide bonds. The van der Waals surface area contributed by atoms with E-state index in [4.69, 9.17) is 11.6 Å². The van der Waals surface area contributed by atoms with E-state index in [0.29, 0.717) is 12.4 Å². The van der Waals surface area contributed by atoms with Crippen molar-refractivity contribution in [2.45, 2.75) is 33.7 Å². The van der Waals surface area contributed by atoms with Crippen molar-refractivity contribution < 1.29 is 4.79 Å². The molecular formula is C14H20ClNO. The van der Waals surface area contributed by atoms with Crippen molar-refractivity contribution in [1.82, 2.24) is 4.90 Å². The second-order valence-electron chi connectivity index (χ2n) is 4.66. The number of nitrogens with zero attached hydrogens (tertiary/aromatic N) is 1. The van der Waals surface area contributed by atoms with E-state index in [2.05, 4.69) is 6.07 Å². The van der Waals surface area contributed by atoms with Crippen LogP contribution in [-0.4, -0.2) is 29.3 Å². The summed E-state index contributed by atoms with van der Waals surface area (Å²) < 4.78 is 0. The number of carbonyl (C=O) groups is 1. The summed E-state index contributed by atoms with van der Waals surface area (Å²) in [6.45, 7) is 8.61. The molecule has 1 rings (SSSR count). The van der Waals surface area contributed by atoms with Crippen molar-refractivity contribution in [3.05, 3.63) is 34.9 Å². The standard InChI is InChI=1S/C14H20ClNO/c1-10(2)16(6-5-15)14(17)13-8-11(3)7-12(4)9-13/h7-10H,5-6H2,1-4H3. The third kappa shape index (κ3) is 3.74. The van der Waals surface area contributed by atoms with E-state index in [-0.39, 0.29) is 11.9 Å². The van der Waals surface area contributed by atoms with Gasteiger partial charge in [0, 0.05) is 24.0 Å². The minimum Gasteiger partial charge on any atom is -0.335 e. The van der Waals surface area contributed by atoms with Gasteiger partial charge in [-0.15, -0.1) is 11.6 Å². The summed E-state index contributed by atoms with van der Waals surface area (Å²) in [4.78, 5) is 14.2. The third-order valence-electron chi connectivity index (χ3n) is 2.68. The van der Waals surface area contributed by atoms with Crippen molar-refractivity contribution in [1.29, 1.82) is 0 Å².